The van der Waals surface area contributed by atoms with E-state index in [1.165, 1.54) is 12.1 Å². The molecule has 0 spiro atoms. The number of halogens is 1. The Morgan fingerprint density at radius 2 is 1.71 bits per heavy atom. The van der Waals surface area contributed by atoms with Crippen LogP contribution in [-0.4, -0.2) is 10.5 Å². The van der Waals surface area contributed by atoms with E-state index >= 15 is 0 Å². The molecule has 0 bridgehead atoms. The summed E-state index contributed by atoms with van der Waals surface area (Å²) in [5, 5.41) is 2.71. The maximum atomic E-state index is 13.6. The topological polar surface area (TPSA) is 34.0 Å². The van der Waals surface area contributed by atoms with Crippen molar-refractivity contribution in [2.24, 2.45) is 0 Å². The molecule has 0 aliphatic carbocycles. The maximum absolute atomic E-state index is 13.6. The highest BCUT2D eigenvalue weighted by atomic mass is 19.1. The molecule has 0 saturated carbocycles. The Kier molecular flexibility index (Phi) is 3.51. The van der Waals surface area contributed by atoms with E-state index in [0.29, 0.717) is 5.69 Å². The highest BCUT2D eigenvalue weighted by Gasteiger charge is 2.11. The minimum Gasteiger partial charge on any atom is -0.324 e. The average Bonchev–Trinajstić information content (AvgIpc) is 3.02. The molecular formula is C17H13FN2O. The van der Waals surface area contributed by atoms with E-state index < -0.39 is 11.7 Å². The molecule has 3 nitrogen and oxygen atoms in total. The number of anilines is 1. The normalized spacial score (nSPS) is 10.3. The van der Waals surface area contributed by atoms with E-state index in [1.54, 1.807) is 18.2 Å². The van der Waals surface area contributed by atoms with Gasteiger partial charge in [0.15, 0.2) is 0 Å². The molecule has 1 heterocycles. The molecule has 3 rings (SSSR count). The number of rotatable bonds is 3. The highest BCUT2D eigenvalue weighted by molar-refractivity contribution is 6.04. The first-order valence-electron chi connectivity index (χ1n) is 6.53. The Bertz CT molecular complexity index is 766. The van der Waals surface area contributed by atoms with Gasteiger partial charge in [-0.3, -0.25) is 4.79 Å². The lowest BCUT2D eigenvalue weighted by atomic mass is 10.2. The van der Waals surface area contributed by atoms with Crippen LogP contribution < -0.4 is 5.32 Å². The molecule has 1 amide bonds. The van der Waals surface area contributed by atoms with E-state index in [1.807, 2.05) is 47.3 Å². The summed E-state index contributed by atoms with van der Waals surface area (Å²) < 4.78 is 15.5. The second-order valence-corrected chi connectivity index (χ2v) is 4.57. The van der Waals surface area contributed by atoms with E-state index in [2.05, 4.69) is 5.32 Å². The first-order chi connectivity index (χ1) is 10.2. The standard InChI is InChI=1S/C17H13FN2O/c18-16-9-2-1-8-15(16)17(21)19-13-6-5-7-14(12-13)20-10-3-4-11-20/h1-12H,(H,19,21). The van der Waals surface area contributed by atoms with Crippen molar-refractivity contribution >= 4 is 11.6 Å². The molecule has 104 valence electrons. The molecule has 0 unspecified atom stereocenters. The molecule has 3 aromatic rings. The van der Waals surface area contributed by atoms with Gasteiger partial charge in [0.2, 0.25) is 0 Å². The molecule has 0 saturated heterocycles. The van der Waals surface area contributed by atoms with Crippen molar-refractivity contribution in [1.82, 2.24) is 4.57 Å². The van der Waals surface area contributed by atoms with Gasteiger partial charge in [0.1, 0.15) is 5.82 Å². The zero-order valence-electron chi connectivity index (χ0n) is 11.2. The molecule has 0 atom stereocenters. The Morgan fingerprint density at radius 1 is 0.952 bits per heavy atom. The molecule has 1 N–H and O–H groups in total. The number of aromatic nitrogens is 1. The number of benzene rings is 2. The van der Waals surface area contributed by atoms with Gasteiger partial charge in [0.05, 0.1) is 5.56 Å². The summed E-state index contributed by atoms with van der Waals surface area (Å²) in [6.45, 7) is 0. The quantitative estimate of drug-likeness (QED) is 0.776. The molecule has 21 heavy (non-hydrogen) atoms. The van der Waals surface area contributed by atoms with E-state index in [0.717, 1.165) is 5.69 Å². The van der Waals surface area contributed by atoms with Gasteiger partial charge < -0.3 is 9.88 Å². The summed E-state index contributed by atoms with van der Waals surface area (Å²) >= 11 is 0. The number of nitrogens with one attached hydrogen (secondary N) is 1. The van der Waals surface area contributed by atoms with Crippen molar-refractivity contribution < 1.29 is 9.18 Å². The molecule has 1 aromatic heterocycles. The van der Waals surface area contributed by atoms with Crippen molar-refractivity contribution in [2.45, 2.75) is 0 Å². The highest BCUT2D eigenvalue weighted by Crippen LogP contribution is 2.16. The Hall–Kier alpha value is -2.88. The van der Waals surface area contributed by atoms with Crippen LogP contribution in [0.5, 0.6) is 0 Å². The zero-order chi connectivity index (χ0) is 14.7. The Morgan fingerprint density at radius 3 is 2.48 bits per heavy atom. The average molecular weight is 280 g/mol. The number of amides is 1. The molecular weight excluding hydrogens is 267 g/mol. The van der Waals surface area contributed by atoms with Crippen LogP contribution >= 0.6 is 0 Å². The molecule has 0 fully saturated rings. The lowest BCUT2D eigenvalue weighted by Gasteiger charge is -2.08. The number of hydrogen-bond acceptors (Lipinski definition) is 1. The molecule has 0 aliphatic heterocycles. The first-order valence-corrected chi connectivity index (χ1v) is 6.53. The van der Waals surface area contributed by atoms with Crippen molar-refractivity contribution in [3.05, 3.63) is 84.4 Å². The van der Waals surface area contributed by atoms with Crippen LogP contribution in [0.1, 0.15) is 10.4 Å². The molecule has 0 aliphatic rings. The summed E-state index contributed by atoms with van der Waals surface area (Å²) in [5.74, 6) is -0.991. The first kappa shape index (κ1) is 13.1. The predicted molar refractivity (Wildman–Crippen MR) is 80.1 cm³/mol. The van der Waals surface area contributed by atoms with Crippen molar-refractivity contribution in [3.63, 3.8) is 0 Å². The Labute approximate surface area is 121 Å². The third kappa shape index (κ3) is 2.84. The van der Waals surface area contributed by atoms with Crippen molar-refractivity contribution in [2.75, 3.05) is 5.32 Å². The van der Waals surface area contributed by atoms with Gasteiger partial charge in [-0.25, -0.2) is 4.39 Å². The number of nitrogens with zero attached hydrogens (tertiary/aromatic N) is 1. The minimum absolute atomic E-state index is 0.0314. The van der Waals surface area contributed by atoms with Crippen LogP contribution in [0.4, 0.5) is 10.1 Å². The smallest absolute Gasteiger partial charge is 0.258 e. The van der Waals surface area contributed by atoms with Crippen LogP contribution in [0, 0.1) is 5.82 Å². The molecule has 4 heteroatoms. The number of carbonyl (C=O) groups excluding carboxylic acids is 1. The molecule has 2 aromatic carbocycles. The van der Waals surface area contributed by atoms with E-state index in [4.69, 9.17) is 0 Å². The van der Waals surface area contributed by atoms with Gasteiger partial charge in [-0.05, 0) is 42.5 Å². The second-order valence-electron chi connectivity index (χ2n) is 4.57. The maximum Gasteiger partial charge on any atom is 0.258 e. The fourth-order valence-corrected chi connectivity index (χ4v) is 2.09. The second kappa shape index (κ2) is 5.63. The fourth-order valence-electron chi connectivity index (χ4n) is 2.09. The number of hydrogen-bond donors (Lipinski definition) is 1. The van der Waals surface area contributed by atoms with Crippen LogP contribution in [0.3, 0.4) is 0 Å². The zero-order valence-corrected chi connectivity index (χ0v) is 11.2. The van der Waals surface area contributed by atoms with Gasteiger partial charge in [0.25, 0.3) is 5.91 Å². The summed E-state index contributed by atoms with van der Waals surface area (Å²) in [6.07, 6.45) is 3.83. The minimum atomic E-state index is -0.531. The largest absolute Gasteiger partial charge is 0.324 e. The van der Waals surface area contributed by atoms with Gasteiger partial charge in [-0.1, -0.05) is 18.2 Å². The SMILES string of the molecule is O=C(Nc1cccc(-n2cccc2)c1)c1ccccc1F. The van der Waals surface area contributed by atoms with Crippen LogP contribution in [0.25, 0.3) is 5.69 Å². The van der Waals surface area contributed by atoms with Gasteiger partial charge in [0, 0.05) is 23.8 Å². The van der Waals surface area contributed by atoms with Crippen LogP contribution in [-0.2, 0) is 0 Å². The van der Waals surface area contributed by atoms with Gasteiger partial charge in [-0.15, -0.1) is 0 Å². The number of carbonyl (C=O) groups is 1. The van der Waals surface area contributed by atoms with Crippen molar-refractivity contribution in [1.29, 1.82) is 0 Å². The third-order valence-electron chi connectivity index (χ3n) is 3.13. The van der Waals surface area contributed by atoms with E-state index in [-0.39, 0.29) is 5.56 Å². The molecule has 0 radical (unpaired) electrons. The predicted octanol–water partition coefficient (Wildman–Crippen LogP) is 3.87. The summed E-state index contributed by atoms with van der Waals surface area (Å²) in [4.78, 5) is 12.1. The van der Waals surface area contributed by atoms with Crippen LogP contribution in [0.2, 0.25) is 0 Å². The van der Waals surface area contributed by atoms with E-state index in [9.17, 15) is 9.18 Å². The fraction of sp³-hybridized carbons (Fsp3) is 0. The third-order valence-corrected chi connectivity index (χ3v) is 3.13. The van der Waals surface area contributed by atoms with Crippen LogP contribution in [0.15, 0.2) is 73.1 Å². The summed E-state index contributed by atoms with van der Waals surface area (Å²) in [5.41, 5.74) is 1.57. The van der Waals surface area contributed by atoms with Gasteiger partial charge >= 0.3 is 0 Å². The van der Waals surface area contributed by atoms with Crippen molar-refractivity contribution in [3.8, 4) is 5.69 Å². The Balaban J connectivity index is 1.84. The summed E-state index contributed by atoms with van der Waals surface area (Å²) in [6, 6.07) is 17.1. The monoisotopic (exact) mass is 280 g/mol. The lowest BCUT2D eigenvalue weighted by molar-refractivity contribution is 0.102. The van der Waals surface area contributed by atoms with Gasteiger partial charge in [-0.2, -0.15) is 0 Å². The lowest BCUT2D eigenvalue weighted by Crippen LogP contribution is -2.13. The summed E-state index contributed by atoms with van der Waals surface area (Å²) in [7, 11) is 0.